The number of nitrogens with zero attached hydrogens (tertiary/aromatic N) is 1. The lowest BCUT2D eigenvalue weighted by atomic mass is 10.2. The molecule has 102 valence electrons. The molecule has 3 rings (SSSR count). The summed E-state index contributed by atoms with van der Waals surface area (Å²) in [5.41, 5.74) is 1.06. The molecule has 0 heterocycles. The lowest BCUT2D eigenvalue weighted by molar-refractivity contribution is -0.122. The van der Waals surface area contributed by atoms with E-state index < -0.39 is 0 Å². The fraction of sp³-hybridized carbons (Fsp3) is 0.533. The Balaban J connectivity index is 1.57. The van der Waals surface area contributed by atoms with E-state index in [-0.39, 0.29) is 11.7 Å². The van der Waals surface area contributed by atoms with Gasteiger partial charge in [0.2, 0.25) is 5.91 Å². The third kappa shape index (κ3) is 3.77. The van der Waals surface area contributed by atoms with Gasteiger partial charge in [-0.15, -0.1) is 0 Å². The summed E-state index contributed by atoms with van der Waals surface area (Å²) in [4.78, 5) is 14.1. The standard InChI is InChI=1S/C15H19FN2O/c16-12-3-1-11(2-4-12)9-18(14-7-8-14)10-15(19)17-13-5-6-13/h1-4,13-14H,5-10H2,(H,17,19). The molecule has 0 atom stereocenters. The summed E-state index contributed by atoms with van der Waals surface area (Å²) in [7, 11) is 0. The summed E-state index contributed by atoms with van der Waals surface area (Å²) in [6, 6.07) is 7.48. The van der Waals surface area contributed by atoms with Gasteiger partial charge in [0.25, 0.3) is 0 Å². The van der Waals surface area contributed by atoms with E-state index >= 15 is 0 Å². The molecule has 1 N–H and O–H groups in total. The summed E-state index contributed by atoms with van der Waals surface area (Å²) in [5.74, 6) is -0.0929. The molecule has 2 saturated carbocycles. The molecule has 0 saturated heterocycles. The first-order valence-electron chi connectivity index (χ1n) is 6.98. The van der Waals surface area contributed by atoms with Gasteiger partial charge >= 0.3 is 0 Å². The predicted molar refractivity (Wildman–Crippen MR) is 71.0 cm³/mol. The number of hydrogen-bond donors (Lipinski definition) is 1. The lowest BCUT2D eigenvalue weighted by Crippen LogP contribution is -2.38. The second-order valence-electron chi connectivity index (χ2n) is 5.60. The molecule has 0 unspecified atom stereocenters. The van der Waals surface area contributed by atoms with E-state index in [4.69, 9.17) is 0 Å². The summed E-state index contributed by atoms with van der Waals surface area (Å²) in [6.07, 6.45) is 4.57. The molecule has 3 nitrogen and oxygen atoms in total. The van der Waals surface area contributed by atoms with Crippen molar-refractivity contribution >= 4 is 5.91 Å². The van der Waals surface area contributed by atoms with Crippen LogP contribution in [0.25, 0.3) is 0 Å². The average molecular weight is 262 g/mol. The quantitative estimate of drug-likeness (QED) is 0.851. The van der Waals surface area contributed by atoms with E-state index in [2.05, 4.69) is 10.2 Å². The highest BCUT2D eigenvalue weighted by molar-refractivity contribution is 5.78. The molecule has 1 aromatic carbocycles. The first kappa shape index (κ1) is 12.6. The first-order chi connectivity index (χ1) is 9.20. The highest BCUT2D eigenvalue weighted by atomic mass is 19.1. The SMILES string of the molecule is O=C(CN(Cc1ccc(F)cc1)C1CC1)NC1CC1. The third-order valence-corrected chi connectivity index (χ3v) is 3.65. The Kier molecular flexibility index (Phi) is 3.51. The van der Waals surface area contributed by atoms with Gasteiger partial charge in [-0.25, -0.2) is 4.39 Å². The van der Waals surface area contributed by atoms with Crippen molar-refractivity contribution in [2.75, 3.05) is 6.54 Å². The molecule has 1 aromatic rings. The van der Waals surface area contributed by atoms with Crippen LogP contribution in [-0.4, -0.2) is 29.4 Å². The molecule has 0 aliphatic heterocycles. The number of carbonyl (C=O) groups is 1. The van der Waals surface area contributed by atoms with Gasteiger partial charge in [0.05, 0.1) is 6.54 Å². The van der Waals surface area contributed by atoms with E-state index in [1.54, 1.807) is 12.1 Å². The molecule has 2 aliphatic rings. The second kappa shape index (κ2) is 5.29. The van der Waals surface area contributed by atoms with Gasteiger partial charge in [-0.2, -0.15) is 0 Å². The van der Waals surface area contributed by atoms with Gasteiger partial charge in [0.1, 0.15) is 5.82 Å². The van der Waals surface area contributed by atoms with Gasteiger partial charge in [-0.1, -0.05) is 12.1 Å². The number of hydrogen-bond acceptors (Lipinski definition) is 2. The minimum atomic E-state index is -0.215. The molecule has 0 aromatic heterocycles. The zero-order valence-electron chi connectivity index (χ0n) is 10.9. The van der Waals surface area contributed by atoms with Crippen molar-refractivity contribution in [3.05, 3.63) is 35.6 Å². The molecule has 2 aliphatic carbocycles. The monoisotopic (exact) mass is 262 g/mol. The normalized spacial score (nSPS) is 18.6. The van der Waals surface area contributed by atoms with Crippen LogP contribution >= 0.6 is 0 Å². The summed E-state index contributed by atoms with van der Waals surface area (Å²) >= 11 is 0. The van der Waals surface area contributed by atoms with Crippen LogP contribution in [0.15, 0.2) is 24.3 Å². The Bertz CT molecular complexity index is 452. The van der Waals surface area contributed by atoms with Crippen molar-refractivity contribution in [3.8, 4) is 0 Å². The third-order valence-electron chi connectivity index (χ3n) is 3.65. The zero-order valence-corrected chi connectivity index (χ0v) is 10.9. The first-order valence-corrected chi connectivity index (χ1v) is 6.98. The van der Waals surface area contributed by atoms with Gasteiger partial charge in [0, 0.05) is 18.6 Å². The average Bonchev–Trinajstić information content (AvgIpc) is 3.24. The van der Waals surface area contributed by atoms with Crippen molar-refractivity contribution in [2.24, 2.45) is 0 Å². The Morgan fingerprint density at radius 3 is 2.47 bits per heavy atom. The van der Waals surface area contributed by atoms with Crippen LogP contribution in [0, 0.1) is 5.82 Å². The van der Waals surface area contributed by atoms with Crippen molar-refractivity contribution in [2.45, 2.75) is 44.3 Å². The highest BCUT2D eigenvalue weighted by Crippen LogP contribution is 2.28. The largest absolute Gasteiger partial charge is 0.352 e. The fourth-order valence-corrected chi connectivity index (χ4v) is 2.26. The van der Waals surface area contributed by atoms with Crippen LogP contribution < -0.4 is 5.32 Å². The predicted octanol–water partition coefficient (Wildman–Crippen LogP) is 2.07. The molecular formula is C15H19FN2O. The molecule has 0 spiro atoms. The van der Waals surface area contributed by atoms with Crippen molar-refractivity contribution in [3.63, 3.8) is 0 Å². The van der Waals surface area contributed by atoms with Crippen LogP contribution in [0.2, 0.25) is 0 Å². The fourth-order valence-electron chi connectivity index (χ4n) is 2.26. The maximum Gasteiger partial charge on any atom is 0.234 e. The van der Waals surface area contributed by atoms with Crippen LogP contribution in [-0.2, 0) is 11.3 Å². The second-order valence-corrected chi connectivity index (χ2v) is 5.60. The van der Waals surface area contributed by atoms with Gasteiger partial charge in [-0.3, -0.25) is 9.69 Å². The van der Waals surface area contributed by atoms with Crippen LogP contribution in [0.5, 0.6) is 0 Å². The van der Waals surface area contributed by atoms with Crippen LogP contribution in [0.3, 0.4) is 0 Å². The van der Waals surface area contributed by atoms with Crippen LogP contribution in [0.4, 0.5) is 4.39 Å². The van der Waals surface area contributed by atoms with Crippen LogP contribution in [0.1, 0.15) is 31.2 Å². The Hall–Kier alpha value is -1.42. The van der Waals surface area contributed by atoms with Crippen molar-refractivity contribution < 1.29 is 9.18 Å². The van der Waals surface area contributed by atoms with Crippen molar-refractivity contribution in [1.29, 1.82) is 0 Å². The van der Waals surface area contributed by atoms with E-state index in [0.29, 0.717) is 18.6 Å². The molecule has 0 radical (unpaired) electrons. The number of nitrogens with one attached hydrogen (secondary N) is 1. The molecule has 0 bridgehead atoms. The summed E-state index contributed by atoms with van der Waals surface area (Å²) in [6.45, 7) is 1.18. The van der Waals surface area contributed by atoms with E-state index in [0.717, 1.165) is 37.8 Å². The topological polar surface area (TPSA) is 32.3 Å². The number of benzene rings is 1. The maximum absolute atomic E-state index is 12.9. The maximum atomic E-state index is 12.9. The van der Waals surface area contributed by atoms with Crippen molar-refractivity contribution in [1.82, 2.24) is 10.2 Å². The molecule has 4 heteroatoms. The Morgan fingerprint density at radius 1 is 1.21 bits per heavy atom. The van der Waals surface area contributed by atoms with Gasteiger partial charge in [0.15, 0.2) is 0 Å². The number of amides is 1. The Morgan fingerprint density at radius 2 is 1.89 bits per heavy atom. The summed E-state index contributed by atoms with van der Waals surface area (Å²) < 4.78 is 12.9. The van der Waals surface area contributed by atoms with E-state index in [9.17, 15) is 9.18 Å². The molecule has 2 fully saturated rings. The zero-order chi connectivity index (χ0) is 13.2. The Labute approximate surface area is 112 Å². The number of carbonyl (C=O) groups excluding carboxylic acids is 1. The smallest absolute Gasteiger partial charge is 0.234 e. The van der Waals surface area contributed by atoms with Gasteiger partial charge in [-0.05, 0) is 43.4 Å². The number of halogens is 1. The minimum absolute atomic E-state index is 0.122. The number of rotatable bonds is 6. The molecule has 19 heavy (non-hydrogen) atoms. The minimum Gasteiger partial charge on any atom is -0.352 e. The van der Waals surface area contributed by atoms with E-state index in [1.807, 2.05) is 0 Å². The van der Waals surface area contributed by atoms with E-state index in [1.165, 1.54) is 12.1 Å². The van der Waals surface area contributed by atoms with Gasteiger partial charge < -0.3 is 5.32 Å². The highest BCUT2D eigenvalue weighted by Gasteiger charge is 2.31. The molecule has 1 amide bonds. The summed E-state index contributed by atoms with van der Waals surface area (Å²) in [5, 5.41) is 3.02. The molecular weight excluding hydrogens is 243 g/mol. The lowest BCUT2D eigenvalue weighted by Gasteiger charge is -2.21.